The summed E-state index contributed by atoms with van der Waals surface area (Å²) in [6, 6.07) is 6.30. The van der Waals surface area contributed by atoms with Gasteiger partial charge in [-0.1, -0.05) is 44.9 Å². The highest BCUT2D eigenvalue weighted by Gasteiger charge is 2.30. The molecule has 1 aromatic rings. The third-order valence-corrected chi connectivity index (χ3v) is 4.33. The zero-order valence-electron chi connectivity index (χ0n) is 13.2. The van der Waals surface area contributed by atoms with Crippen LogP contribution in [0.15, 0.2) is 23.2 Å². The maximum absolute atomic E-state index is 10.3. The van der Waals surface area contributed by atoms with Gasteiger partial charge in [0.05, 0.1) is 12.1 Å². The number of guanidine groups is 1. The smallest absolute Gasteiger partial charge is 0.193 e. The summed E-state index contributed by atoms with van der Waals surface area (Å²) >= 11 is 0. The van der Waals surface area contributed by atoms with E-state index in [1.807, 2.05) is 0 Å². The Balaban J connectivity index is 2.10. The molecule has 0 bridgehead atoms. The molecule has 116 valence electrons. The largest absolute Gasteiger partial charge is 0.388 e. The van der Waals surface area contributed by atoms with Crippen molar-refractivity contribution in [2.45, 2.75) is 58.0 Å². The van der Waals surface area contributed by atoms with Gasteiger partial charge in [0.15, 0.2) is 5.96 Å². The van der Waals surface area contributed by atoms with Crippen LogP contribution in [0.1, 0.15) is 50.7 Å². The van der Waals surface area contributed by atoms with Gasteiger partial charge < -0.3 is 16.2 Å². The zero-order chi connectivity index (χ0) is 15.3. The number of aliphatic imine (C=N–C) groups is 1. The summed E-state index contributed by atoms with van der Waals surface area (Å²) in [5, 5.41) is 13.6. The molecule has 0 unspecified atom stereocenters. The van der Waals surface area contributed by atoms with Crippen molar-refractivity contribution in [3.8, 4) is 0 Å². The Labute approximate surface area is 127 Å². The van der Waals surface area contributed by atoms with Crippen LogP contribution in [-0.2, 0) is 12.8 Å². The van der Waals surface area contributed by atoms with Crippen molar-refractivity contribution in [3.63, 3.8) is 0 Å². The van der Waals surface area contributed by atoms with Crippen molar-refractivity contribution in [3.05, 3.63) is 29.3 Å². The number of para-hydroxylation sites is 1. The van der Waals surface area contributed by atoms with E-state index < -0.39 is 5.60 Å². The fourth-order valence-corrected chi connectivity index (χ4v) is 2.99. The average molecular weight is 289 g/mol. The van der Waals surface area contributed by atoms with Crippen LogP contribution in [0, 0.1) is 0 Å². The lowest BCUT2D eigenvalue weighted by Crippen LogP contribution is -2.32. The molecule has 21 heavy (non-hydrogen) atoms. The van der Waals surface area contributed by atoms with Crippen LogP contribution in [0.2, 0.25) is 0 Å². The molecule has 4 N–H and O–H groups in total. The van der Waals surface area contributed by atoms with Gasteiger partial charge in [-0.15, -0.1) is 0 Å². The number of nitrogens with two attached hydrogens (primary N) is 1. The first-order chi connectivity index (χ1) is 10.1. The van der Waals surface area contributed by atoms with Crippen LogP contribution in [0.4, 0.5) is 5.69 Å². The Morgan fingerprint density at radius 3 is 2.33 bits per heavy atom. The molecular formula is C17H27N3O. The monoisotopic (exact) mass is 289 g/mol. The van der Waals surface area contributed by atoms with Gasteiger partial charge in [-0.25, -0.2) is 0 Å². The van der Waals surface area contributed by atoms with E-state index >= 15 is 0 Å². The number of aliphatic hydroxyl groups is 1. The molecule has 0 saturated heterocycles. The van der Waals surface area contributed by atoms with E-state index in [2.05, 4.69) is 42.4 Å². The third-order valence-electron chi connectivity index (χ3n) is 4.33. The summed E-state index contributed by atoms with van der Waals surface area (Å²) < 4.78 is 0. The summed E-state index contributed by atoms with van der Waals surface area (Å²) in [7, 11) is 0. The molecule has 1 aromatic carbocycles. The number of nitrogens with one attached hydrogen (secondary N) is 1. The lowest BCUT2D eigenvalue weighted by Gasteiger charge is -2.20. The number of aryl methyl sites for hydroxylation is 2. The molecule has 4 heteroatoms. The van der Waals surface area contributed by atoms with Gasteiger partial charge in [0.2, 0.25) is 0 Å². The van der Waals surface area contributed by atoms with E-state index in [9.17, 15) is 5.11 Å². The maximum Gasteiger partial charge on any atom is 0.193 e. The quantitative estimate of drug-likeness (QED) is 0.576. The Hall–Kier alpha value is -1.55. The molecule has 0 radical (unpaired) electrons. The van der Waals surface area contributed by atoms with Crippen LogP contribution >= 0.6 is 0 Å². The number of rotatable bonds is 5. The first-order valence-electron chi connectivity index (χ1n) is 7.98. The molecule has 2 rings (SSSR count). The fraction of sp³-hybridized carbons (Fsp3) is 0.588. The van der Waals surface area contributed by atoms with E-state index in [0.717, 1.165) is 44.2 Å². The Morgan fingerprint density at radius 2 is 1.81 bits per heavy atom. The molecule has 1 aliphatic rings. The topological polar surface area (TPSA) is 70.6 Å². The molecule has 0 atom stereocenters. The molecule has 0 aromatic heterocycles. The number of nitrogens with zero attached hydrogens (tertiary/aromatic N) is 1. The number of hydrogen-bond donors (Lipinski definition) is 3. The first kappa shape index (κ1) is 15.8. The summed E-state index contributed by atoms with van der Waals surface area (Å²) in [6.07, 6.45) is 5.72. The predicted octanol–water partition coefficient (Wildman–Crippen LogP) is 2.84. The molecule has 1 fully saturated rings. The lowest BCUT2D eigenvalue weighted by atomic mass is 10.0. The van der Waals surface area contributed by atoms with Gasteiger partial charge in [-0.05, 0) is 36.8 Å². The van der Waals surface area contributed by atoms with Crippen LogP contribution in [0.5, 0.6) is 0 Å². The second-order valence-electron chi connectivity index (χ2n) is 5.92. The maximum atomic E-state index is 10.3. The Bertz CT molecular complexity index is 483. The van der Waals surface area contributed by atoms with Crippen LogP contribution in [0.3, 0.4) is 0 Å². The SMILES string of the molecule is CCc1cccc(CC)c1NC(N)=NCC1(O)CCCC1. The second-order valence-corrected chi connectivity index (χ2v) is 5.92. The van der Waals surface area contributed by atoms with Gasteiger partial charge in [0.25, 0.3) is 0 Å². The number of benzene rings is 1. The molecule has 1 saturated carbocycles. The van der Waals surface area contributed by atoms with E-state index in [1.54, 1.807) is 0 Å². The van der Waals surface area contributed by atoms with Crippen molar-refractivity contribution in [1.29, 1.82) is 0 Å². The number of hydrogen-bond acceptors (Lipinski definition) is 2. The average Bonchev–Trinajstić information content (AvgIpc) is 2.93. The van der Waals surface area contributed by atoms with E-state index in [-0.39, 0.29) is 0 Å². The van der Waals surface area contributed by atoms with Gasteiger partial charge in [0, 0.05) is 5.69 Å². The summed E-state index contributed by atoms with van der Waals surface area (Å²) in [6.45, 7) is 4.66. The molecule has 4 nitrogen and oxygen atoms in total. The van der Waals surface area contributed by atoms with Crippen molar-refractivity contribution in [2.75, 3.05) is 11.9 Å². The Kier molecular flexibility index (Phi) is 5.23. The molecular weight excluding hydrogens is 262 g/mol. The first-order valence-corrected chi connectivity index (χ1v) is 7.98. The molecule has 1 aliphatic carbocycles. The standard InChI is InChI=1S/C17H27N3O/c1-3-13-8-7-9-14(4-2)15(13)20-16(18)19-12-17(21)10-5-6-11-17/h7-9,21H,3-6,10-12H2,1-2H3,(H3,18,19,20). The minimum Gasteiger partial charge on any atom is -0.388 e. The minimum atomic E-state index is -0.649. The van der Waals surface area contributed by atoms with Gasteiger partial charge >= 0.3 is 0 Å². The summed E-state index contributed by atoms with van der Waals surface area (Å²) in [5.74, 6) is 0.394. The van der Waals surface area contributed by atoms with Crippen LogP contribution in [0.25, 0.3) is 0 Å². The second kappa shape index (κ2) is 6.94. The van der Waals surface area contributed by atoms with Crippen molar-refractivity contribution in [2.24, 2.45) is 10.7 Å². The fourth-order valence-electron chi connectivity index (χ4n) is 2.99. The molecule has 0 spiro atoms. The zero-order valence-corrected chi connectivity index (χ0v) is 13.2. The van der Waals surface area contributed by atoms with Crippen LogP contribution < -0.4 is 11.1 Å². The van der Waals surface area contributed by atoms with Crippen LogP contribution in [-0.4, -0.2) is 23.2 Å². The highest BCUT2D eigenvalue weighted by molar-refractivity contribution is 5.93. The van der Waals surface area contributed by atoms with Crippen molar-refractivity contribution < 1.29 is 5.11 Å². The number of anilines is 1. The Morgan fingerprint density at radius 1 is 1.24 bits per heavy atom. The normalized spacial score (nSPS) is 18.0. The molecule has 0 heterocycles. The van der Waals surface area contributed by atoms with Gasteiger partial charge in [-0.2, -0.15) is 0 Å². The molecule has 0 amide bonds. The lowest BCUT2D eigenvalue weighted by molar-refractivity contribution is 0.0575. The third kappa shape index (κ3) is 3.97. The van der Waals surface area contributed by atoms with Crippen molar-refractivity contribution >= 4 is 11.6 Å². The highest BCUT2D eigenvalue weighted by atomic mass is 16.3. The van der Waals surface area contributed by atoms with Crippen molar-refractivity contribution in [1.82, 2.24) is 0 Å². The van der Waals surface area contributed by atoms with E-state index in [1.165, 1.54) is 11.1 Å². The highest BCUT2D eigenvalue weighted by Crippen LogP contribution is 2.29. The summed E-state index contributed by atoms with van der Waals surface area (Å²) in [4.78, 5) is 4.36. The molecule has 0 aliphatic heterocycles. The van der Waals surface area contributed by atoms with E-state index in [4.69, 9.17) is 5.73 Å². The summed E-state index contributed by atoms with van der Waals surface area (Å²) in [5.41, 5.74) is 8.93. The predicted molar refractivity (Wildman–Crippen MR) is 88.7 cm³/mol. The van der Waals surface area contributed by atoms with E-state index in [0.29, 0.717) is 12.5 Å². The minimum absolute atomic E-state index is 0.390. The van der Waals surface area contributed by atoms with Gasteiger partial charge in [-0.3, -0.25) is 4.99 Å². The van der Waals surface area contributed by atoms with Gasteiger partial charge in [0.1, 0.15) is 0 Å².